The summed E-state index contributed by atoms with van der Waals surface area (Å²) in [4.78, 5) is 24.6. The van der Waals surface area contributed by atoms with E-state index in [1.54, 1.807) is 25.4 Å². The van der Waals surface area contributed by atoms with E-state index < -0.39 is 0 Å². The van der Waals surface area contributed by atoms with Crippen molar-refractivity contribution in [1.29, 1.82) is 0 Å². The van der Waals surface area contributed by atoms with Gasteiger partial charge >= 0.3 is 0 Å². The van der Waals surface area contributed by atoms with Crippen LogP contribution < -0.4 is 14.9 Å². The second-order valence-electron chi connectivity index (χ2n) is 8.57. The molecule has 1 unspecified atom stereocenters. The average molecular weight is 434 g/mol. The smallest absolute Gasteiger partial charge is 0.192 e. The molecule has 0 aliphatic carbocycles. The van der Waals surface area contributed by atoms with Crippen molar-refractivity contribution < 1.29 is 19.0 Å². The molecule has 2 heterocycles. The number of ketones is 1. The first kappa shape index (κ1) is 22.4. The lowest BCUT2D eigenvalue weighted by molar-refractivity contribution is 0.101. The lowest BCUT2D eigenvalue weighted by Gasteiger charge is -2.32. The molecule has 1 aromatic heterocycles. The number of pyridine rings is 1. The van der Waals surface area contributed by atoms with Crippen molar-refractivity contribution in [2.24, 2.45) is 5.41 Å². The average Bonchev–Trinajstić information content (AvgIpc) is 2.81. The number of fused-ring (bicyclic) bond motifs is 3. The third kappa shape index (κ3) is 4.55. The van der Waals surface area contributed by atoms with E-state index in [1.807, 2.05) is 4.57 Å². The zero-order valence-electron chi connectivity index (χ0n) is 18.1. The molecule has 0 saturated carbocycles. The molecule has 7 heteroatoms. The highest BCUT2D eigenvalue weighted by Crippen LogP contribution is 2.44. The summed E-state index contributed by atoms with van der Waals surface area (Å²) in [5.41, 5.74) is 1.04. The Morgan fingerprint density at radius 1 is 1.27 bits per heavy atom. The lowest BCUT2D eigenvalue weighted by atomic mass is 9.86. The molecule has 0 saturated heterocycles. The van der Waals surface area contributed by atoms with Gasteiger partial charge in [-0.2, -0.15) is 0 Å². The topological polar surface area (TPSA) is 66.8 Å². The first-order valence-electron chi connectivity index (χ1n) is 9.99. The summed E-state index contributed by atoms with van der Waals surface area (Å²) in [6.45, 7) is 9.16. The molecule has 2 aromatic rings. The largest absolute Gasteiger partial charge is 0.492 e. The third-order valence-corrected chi connectivity index (χ3v) is 5.55. The van der Waals surface area contributed by atoms with E-state index in [-0.39, 0.29) is 28.2 Å². The molecule has 30 heavy (non-hydrogen) atoms. The van der Waals surface area contributed by atoms with Gasteiger partial charge in [0.25, 0.3) is 0 Å². The van der Waals surface area contributed by atoms with Gasteiger partial charge < -0.3 is 18.8 Å². The molecule has 0 spiro atoms. The van der Waals surface area contributed by atoms with Crippen molar-refractivity contribution >= 4 is 17.4 Å². The van der Waals surface area contributed by atoms with Gasteiger partial charge in [-0.15, -0.1) is 0 Å². The summed E-state index contributed by atoms with van der Waals surface area (Å²) >= 11 is 6.49. The summed E-state index contributed by atoms with van der Waals surface area (Å²) in [6.07, 6.45) is 2.39. The number of carbonyl (C=O) groups is 1. The van der Waals surface area contributed by atoms with Gasteiger partial charge in [-0.3, -0.25) is 9.59 Å². The number of methoxy groups -OCH3 is 1. The second kappa shape index (κ2) is 8.82. The third-order valence-electron chi connectivity index (χ3n) is 5.25. The molecule has 1 atom stereocenters. The summed E-state index contributed by atoms with van der Waals surface area (Å²) < 4.78 is 19.0. The number of carbonyl (C=O) groups excluding carboxylic acids is 1. The number of ether oxygens (including phenoxy) is 3. The van der Waals surface area contributed by atoms with E-state index in [4.69, 9.17) is 25.8 Å². The minimum Gasteiger partial charge on any atom is -0.492 e. The monoisotopic (exact) mass is 433 g/mol. The predicted molar refractivity (Wildman–Crippen MR) is 117 cm³/mol. The second-order valence-corrected chi connectivity index (χ2v) is 8.97. The van der Waals surface area contributed by atoms with E-state index in [0.29, 0.717) is 47.6 Å². The van der Waals surface area contributed by atoms with Gasteiger partial charge in [-0.05, 0) is 18.4 Å². The summed E-state index contributed by atoms with van der Waals surface area (Å²) in [7, 11) is 1.64. The summed E-state index contributed by atoms with van der Waals surface area (Å²) in [5, 5.41) is 0.429. The quantitative estimate of drug-likeness (QED) is 0.485. The van der Waals surface area contributed by atoms with E-state index >= 15 is 0 Å². The zero-order valence-corrected chi connectivity index (χ0v) is 18.8. The van der Waals surface area contributed by atoms with Crippen molar-refractivity contribution in [2.75, 3.05) is 26.9 Å². The number of Topliss-reactive ketones (excluding diaryl/α,β-unsaturated/α-hetero) is 1. The number of rotatable bonds is 6. The summed E-state index contributed by atoms with van der Waals surface area (Å²) in [6, 6.07) is 4.93. The number of nitrogens with zero attached hydrogens (tertiary/aromatic N) is 1. The Balaban J connectivity index is 2.13. The Morgan fingerprint density at radius 3 is 2.63 bits per heavy atom. The predicted octanol–water partition coefficient (Wildman–Crippen LogP) is 4.77. The minimum atomic E-state index is -0.315. The van der Waals surface area contributed by atoms with Crippen LogP contribution in [-0.2, 0) is 4.74 Å². The van der Waals surface area contributed by atoms with Crippen molar-refractivity contribution in [3.63, 3.8) is 0 Å². The van der Waals surface area contributed by atoms with Gasteiger partial charge in [-0.1, -0.05) is 32.4 Å². The van der Waals surface area contributed by atoms with Gasteiger partial charge in [0.1, 0.15) is 18.1 Å². The SMILES string of the molecule is COCCCOc1cc2c(cc1Cl)-c1cc(=O)c(C(C)=O)cn1C(C(C)(C)C)CO2. The van der Waals surface area contributed by atoms with Gasteiger partial charge in [0.15, 0.2) is 11.2 Å². The Morgan fingerprint density at radius 2 is 2.00 bits per heavy atom. The Bertz CT molecular complexity index is 1010. The Labute approximate surface area is 181 Å². The fourth-order valence-electron chi connectivity index (χ4n) is 3.55. The summed E-state index contributed by atoms with van der Waals surface area (Å²) in [5.74, 6) is 0.859. The van der Waals surface area contributed by atoms with E-state index in [9.17, 15) is 9.59 Å². The fraction of sp³-hybridized carbons (Fsp3) is 0.478. The zero-order chi connectivity index (χ0) is 22.1. The van der Waals surface area contributed by atoms with Crippen LogP contribution in [0.5, 0.6) is 11.5 Å². The molecule has 0 fully saturated rings. The molecule has 1 aromatic carbocycles. The van der Waals surface area contributed by atoms with Crippen LogP contribution in [0.4, 0.5) is 0 Å². The van der Waals surface area contributed by atoms with Crippen LogP contribution in [0.25, 0.3) is 11.3 Å². The van der Waals surface area contributed by atoms with Crippen LogP contribution in [0.3, 0.4) is 0 Å². The first-order valence-corrected chi connectivity index (χ1v) is 10.4. The van der Waals surface area contributed by atoms with Crippen molar-refractivity contribution in [2.45, 2.75) is 40.2 Å². The molecule has 1 aliphatic heterocycles. The number of aromatic nitrogens is 1. The number of hydrogen-bond donors (Lipinski definition) is 0. The molecule has 162 valence electrons. The van der Waals surface area contributed by atoms with Gasteiger partial charge in [0, 0.05) is 44.0 Å². The molecule has 0 bridgehead atoms. The molecular formula is C23H28ClNO5. The van der Waals surface area contributed by atoms with E-state index in [2.05, 4.69) is 20.8 Å². The molecule has 3 rings (SSSR count). The van der Waals surface area contributed by atoms with Gasteiger partial charge in [0.05, 0.1) is 28.9 Å². The van der Waals surface area contributed by atoms with Crippen molar-refractivity contribution in [1.82, 2.24) is 4.57 Å². The molecular weight excluding hydrogens is 406 g/mol. The number of halogens is 1. The van der Waals surface area contributed by atoms with Crippen LogP contribution >= 0.6 is 11.6 Å². The molecule has 0 N–H and O–H groups in total. The molecule has 1 aliphatic rings. The highest BCUT2D eigenvalue weighted by molar-refractivity contribution is 6.32. The highest BCUT2D eigenvalue weighted by Gasteiger charge is 2.32. The van der Waals surface area contributed by atoms with Crippen LogP contribution in [-0.4, -0.2) is 37.3 Å². The van der Waals surface area contributed by atoms with Crippen LogP contribution in [0, 0.1) is 5.41 Å². The van der Waals surface area contributed by atoms with E-state index in [1.165, 1.54) is 13.0 Å². The van der Waals surface area contributed by atoms with Gasteiger partial charge in [-0.25, -0.2) is 0 Å². The van der Waals surface area contributed by atoms with Crippen LogP contribution in [0.1, 0.15) is 50.5 Å². The molecule has 0 amide bonds. The fourth-order valence-corrected chi connectivity index (χ4v) is 3.77. The van der Waals surface area contributed by atoms with Crippen molar-refractivity contribution in [3.8, 4) is 22.8 Å². The van der Waals surface area contributed by atoms with E-state index in [0.717, 1.165) is 6.42 Å². The molecule has 0 radical (unpaired) electrons. The van der Waals surface area contributed by atoms with Crippen LogP contribution in [0.2, 0.25) is 5.02 Å². The lowest BCUT2D eigenvalue weighted by Crippen LogP contribution is -2.31. The maximum absolute atomic E-state index is 12.6. The van der Waals surface area contributed by atoms with Crippen molar-refractivity contribution in [3.05, 3.63) is 45.2 Å². The minimum absolute atomic E-state index is 0.0940. The number of benzene rings is 1. The highest BCUT2D eigenvalue weighted by atomic mass is 35.5. The normalized spacial score (nSPS) is 15.6. The molecule has 6 nitrogen and oxygen atoms in total. The van der Waals surface area contributed by atoms with Crippen LogP contribution in [0.15, 0.2) is 29.2 Å². The van der Waals surface area contributed by atoms with Gasteiger partial charge in [0.2, 0.25) is 0 Å². The maximum Gasteiger partial charge on any atom is 0.192 e. The first-order chi connectivity index (χ1) is 14.1. The Kier molecular flexibility index (Phi) is 6.58. The number of hydrogen-bond acceptors (Lipinski definition) is 5. The Hall–Kier alpha value is -2.31. The standard InChI is InChI=1S/C23H28ClNO5/c1-14(26)16-12-25-18(10-19(16)27)15-9-17(24)21(29-8-6-7-28-5)11-20(15)30-13-22(25)23(2,3)4/h9-12,22H,6-8,13H2,1-5H3. The maximum atomic E-state index is 12.6.